The summed E-state index contributed by atoms with van der Waals surface area (Å²) in [5, 5.41) is 8.99. The van der Waals surface area contributed by atoms with Gasteiger partial charge in [-0.2, -0.15) is 5.26 Å². The number of amides is 2. The number of hydrogen-bond donors (Lipinski definition) is 0. The first-order chi connectivity index (χ1) is 13.5. The van der Waals surface area contributed by atoms with Crippen molar-refractivity contribution < 1.29 is 23.9 Å². The van der Waals surface area contributed by atoms with Crippen molar-refractivity contribution in [1.82, 2.24) is 9.80 Å². The zero-order chi connectivity index (χ0) is 20.1. The van der Waals surface area contributed by atoms with Crippen LogP contribution in [0.3, 0.4) is 0 Å². The molecule has 0 bridgehead atoms. The lowest BCUT2D eigenvalue weighted by atomic mass is 10.1. The monoisotopic (exact) mass is 385 g/mol. The van der Waals surface area contributed by atoms with Gasteiger partial charge in [0.05, 0.1) is 24.3 Å². The third-order valence-electron chi connectivity index (χ3n) is 4.98. The molecule has 0 saturated carbocycles. The number of fused-ring (bicyclic) bond motifs is 1. The highest BCUT2D eigenvalue weighted by molar-refractivity contribution is 6.00. The first-order valence-corrected chi connectivity index (χ1v) is 9.39. The van der Waals surface area contributed by atoms with Gasteiger partial charge in [-0.1, -0.05) is 0 Å². The quantitative estimate of drug-likeness (QED) is 0.680. The third-order valence-corrected chi connectivity index (χ3v) is 4.98. The Bertz CT molecular complexity index is 809. The van der Waals surface area contributed by atoms with E-state index < -0.39 is 0 Å². The Hall–Kier alpha value is -2.92. The number of ether oxygens (including phenoxy) is 2. The predicted octanol–water partition coefficient (Wildman–Crippen LogP) is 1.08. The maximum Gasteiger partial charge on any atom is 0.332 e. The van der Waals surface area contributed by atoms with Gasteiger partial charge in [0.2, 0.25) is 5.91 Å². The molecule has 148 valence electrons. The molecule has 0 N–H and O–H groups in total. The molecule has 0 aromatic heterocycles. The molecule has 2 aliphatic rings. The summed E-state index contributed by atoms with van der Waals surface area (Å²) in [6.45, 7) is 3.41. The minimum absolute atomic E-state index is 0.0176. The summed E-state index contributed by atoms with van der Waals surface area (Å²) in [7, 11) is 0. The van der Waals surface area contributed by atoms with E-state index in [0.29, 0.717) is 50.2 Å². The number of likely N-dealkylation sites (tertiary alicyclic amines) is 1. The number of esters is 1. The number of nitriles is 1. The van der Waals surface area contributed by atoms with Gasteiger partial charge in [0.15, 0.2) is 0 Å². The lowest BCUT2D eigenvalue weighted by Gasteiger charge is -2.32. The van der Waals surface area contributed by atoms with Crippen LogP contribution in [0, 0.1) is 11.3 Å². The van der Waals surface area contributed by atoms with E-state index in [1.165, 1.54) is 4.90 Å². The van der Waals surface area contributed by atoms with Crippen LogP contribution in [-0.2, 0) is 25.6 Å². The van der Waals surface area contributed by atoms with Gasteiger partial charge >= 0.3 is 5.97 Å². The highest BCUT2D eigenvalue weighted by atomic mass is 16.6. The topological polar surface area (TPSA) is 99.9 Å². The van der Waals surface area contributed by atoms with Crippen LogP contribution in [0.5, 0.6) is 0 Å². The minimum Gasteiger partial charge on any atom is -0.464 e. The minimum atomic E-state index is -0.382. The second-order valence-electron chi connectivity index (χ2n) is 6.84. The Kier molecular flexibility index (Phi) is 6.26. The van der Waals surface area contributed by atoms with E-state index in [4.69, 9.17) is 14.7 Å². The van der Waals surface area contributed by atoms with Crippen LogP contribution in [0.25, 0.3) is 0 Å². The summed E-state index contributed by atoms with van der Waals surface area (Å²) in [4.78, 5) is 39.7. The van der Waals surface area contributed by atoms with Gasteiger partial charge in [-0.25, -0.2) is 4.79 Å². The molecular formula is C20H23N3O5. The summed E-state index contributed by atoms with van der Waals surface area (Å²) in [6, 6.07) is 7.02. The van der Waals surface area contributed by atoms with Crippen LogP contribution in [-0.4, -0.2) is 66.5 Å². The van der Waals surface area contributed by atoms with Gasteiger partial charge in [0, 0.05) is 25.2 Å². The summed E-state index contributed by atoms with van der Waals surface area (Å²) in [5.41, 5.74) is 1.84. The smallest absolute Gasteiger partial charge is 0.332 e. The van der Waals surface area contributed by atoms with Crippen molar-refractivity contribution in [2.24, 2.45) is 0 Å². The predicted molar refractivity (Wildman–Crippen MR) is 98.1 cm³/mol. The molecule has 1 fully saturated rings. The van der Waals surface area contributed by atoms with E-state index in [9.17, 15) is 14.4 Å². The van der Waals surface area contributed by atoms with Crippen LogP contribution in [0.15, 0.2) is 18.2 Å². The highest BCUT2D eigenvalue weighted by Crippen LogP contribution is 2.24. The highest BCUT2D eigenvalue weighted by Gasteiger charge is 2.31. The molecule has 0 radical (unpaired) electrons. The molecule has 0 atom stereocenters. The molecule has 0 aliphatic carbocycles. The average molecular weight is 385 g/mol. The lowest BCUT2D eigenvalue weighted by Crippen LogP contribution is -2.45. The fourth-order valence-electron chi connectivity index (χ4n) is 3.50. The Morgan fingerprint density at radius 3 is 2.71 bits per heavy atom. The standard InChI is InChI=1S/C20H23N3O5/c1-2-27-19(25)13-28-16-5-7-22(8-6-16)18(24)12-23-11-15-9-14(10-21)3-4-17(15)20(23)26/h3-4,9,16H,2,5-8,11-13H2,1H3. The van der Waals surface area contributed by atoms with Gasteiger partial charge in [0.1, 0.15) is 13.2 Å². The summed E-state index contributed by atoms with van der Waals surface area (Å²) >= 11 is 0. The number of carbonyl (C=O) groups excluding carboxylic acids is 3. The molecule has 1 aromatic rings. The first kappa shape index (κ1) is 19.8. The molecule has 28 heavy (non-hydrogen) atoms. The molecule has 8 heteroatoms. The van der Waals surface area contributed by atoms with Crippen molar-refractivity contribution in [3.05, 3.63) is 34.9 Å². The molecule has 0 unspecified atom stereocenters. The number of piperidine rings is 1. The first-order valence-electron chi connectivity index (χ1n) is 9.39. The molecular weight excluding hydrogens is 362 g/mol. The SMILES string of the molecule is CCOC(=O)COC1CCN(C(=O)CN2Cc3cc(C#N)ccc3C2=O)CC1. The third kappa shape index (κ3) is 4.49. The molecule has 8 nitrogen and oxygen atoms in total. The van der Waals surface area contributed by atoms with Gasteiger partial charge in [-0.15, -0.1) is 0 Å². The number of nitrogens with zero attached hydrogens (tertiary/aromatic N) is 3. The molecule has 1 saturated heterocycles. The maximum atomic E-state index is 12.6. The number of rotatable bonds is 6. The Balaban J connectivity index is 1.47. The van der Waals surface area contributed by atoms with E-state index in [0.717, 1.165) is 5.56 Å². The van der Waals surface area contributed by atoms with Crippen LogP contribution >= 0.6 is 0 Å². The van der Waals surface area contributed by atoms with E-state index in [-0.39, 0.29) is 37.0 Å². The summed E-state index contributed by atoms with van der Waals surface area (Å²) < 4.78 is 10.4. The zero-order valence-electron chi connectivity index (χ0n) is 15.8. The van der Waals surface area contributed by atoms with Gasteiger partial charge < -0.3 is 19.3 Å². The fraction of sp³-hybridized carbons (Fsp3) is 0.500. The maximum absolute atomic E-state index is 12.6. The number of benzene rings is 1. The average Bonchev–Trinajstić information content (AvgIpc) is 3.01. The molecule has 1 aromatic carbocycles. The second kappa shape index (κ2) is 8.85. The lowest BCUT2D eigenvalue weighted by molar-refractivity contribution is -0.152. The Morgan fingerprint density at radius 2 is 2.04 bits per heavy atom. The van der Waals surface area contributed by atoms with E-state index >= 15 is 0 Å². The second-order valence-corrected chi connectivity index (χ2v) is 6.84. The zero-order valence-corrected chi connectivity index (χ0v) is 15.8. The van der Waals surface area contributed by atoms with Crippen molar-refractivity contribution >= 4 is 17.8 Å². The number of hydrogen-bond acceptors (Lipinski definition) is 6. The van der Waals surface area contributed by atoms with E-state index in [1.54, 1.807) is 30.0 Å². The Morgan fingerprint density at radius 1 is 1.29 bits per heavy atom. The van der Waals surface area contributed by atoms with E-state index in [2.05, 4.69) is 6.07 Å². The molecule has 2 aliphatic heterocycles. The normalized spacial score (nSPS) is 16.6. The molecule has 2 heterocycles. The van der Waals surface area contributed by atoms with E-state index in [1.807, 2.05) is 0 Å². The van der Waals surface area contributed by atoms with Crippen LogP contribution in [0.2, 0.25) is 0 Å². The summed E-state index contributed by atoms with van der Waals surface area (Å²) in [6.07, 6.45) is 1.21. The van der Waals surface area contributed by atoms with Crippen molar-refractivity contribution in [1.29, 1.82) is 5.26 Å². The molecule has 0 spiro atoms. The van der Waals surface area contributed by atoms with Crippen molar-refractivity contribution in [3.63, 3.8) is 0 Å². The van der Waals surface area contributed by atoms with Gasteiger partial charge in [0.25, 0.3) is 5.91 Å². The van der Waals surface area contributed by atoms with Crippen molar-refractivity contribution in [3.8, 4) is 6.07 Å². The summed E-state index contributed by atoms with van der Waals surface area (Å²) in [5.74, 6) is -0.668. The van der Waals surface area contributed by atoms with Crippen molar-refractivity contribution in [2.75, 3.05) is 32.8 Å². The van der Waals surface area contributed by atoms with Crippen LogP contribution in [0.4, 0.5) is 0 Å². The largest absolute Gasteiger partial charge is 0.464 e. The van der Waals surface area contributed by atoms with Crippen LogP contribution < -0.4 is 0 Å². The fourth-order valence-corrected chi connectivity index (χ4v) is 3.50. The molecule has 3 rings (SSSR count). The Labute approximate surface area is 163 Å². The molecule has 2 amide bonds. The van der Waals surface area contributed by atoms with Crippen LogP contribution in [0.1, 0.15) is 41.3 Å². The van der Waals surface area contributed by atoms with Crippen molar-refractivity contribution in [2.45, 2.75) is 32.4 Å². The number of carbonyl (C=O) groups is 3. The van der Waals surface area contributed by atoms with Gasteiger partial charge in [-0.3, -0.25) is 9.59 Å². The van der Waals surface area contributed by atoms with Gasteiger partial charge in [-0.05, 0) is 43.5 Å².